The largest absolute Gasteiger partial charge is 0.309 e. The molecule has 84 valence electrons. The fourth-order valence-electron chi connectivity index (χ4n) is 1.68. The third-order valence-electron chi connectivity index (χ3n) is 2.44. The van der Waals surface area contributed by atoms with E-state index in [-0.39, 0.29) is 6.04 Å². The summed E-state index contributed by atoms with van der Waals surface area (Å²) in [5.41, 5.74) is 2.56. The first-order valence-electron chi connectivity index (χ1n) is 4.86. The molecule has 1 unspecified atom stereocenters. The van der Waals surface area contributed by atoms with Crippen LogP contribution in [0.3, 0.4) is 0 Å². The summed E-state index contributed by atoms with van der Waals surface area (Å²) in [6.07, 6.45) is 0. The van der Waals surface area contributed by atoms with Gasteiger partial charge in [-0.05, 0) is 47.1 Å². The highest BCUT2D eigenvalue weighted by Crippen LogP contribution is 2.31. The van der Waals surface area contributed by atoms with Crippen LogP contribution in [0.2, 0.25) is 0 Å². The molecule has 0 saturated carbocycles. The number of benzene rings is 1. The first-order chi connectivity index (χ1) is 7.72. The average Bonchev–Trinajstić information content (AvgIpc) is 2.75. The van der Waals surface area contributed by atoms with E-state index in [1.807, 2.05) is 7.05 Å². The van der Waals surface area contributed by atoms with E-state index < -0.39 is 0 Å². The number of hydrogen-bond donors (Lipinski definition) is 1. The first-order valence-corrected chi connectivity index (χ1v) is 7.39. The highest BCUT2D eigenvalue weighted by molar-refractivity contribution is 9.11. The maximum Gasteiger partial charge on any atom is 0.0593 e. The van der Waals surface area contributed by atoms with E-state index in [1.54, 1.807) is 11.3 Å². The minimum atomic E-state index is 0.244. The average molecular weight is 361 g/mol. The normalized spacial score (nSPS) is 12.7. The number of hydrogen-bond acceptors (Lipinski definition) is 2. The summed E-state index contributed by atoms with van der Waals surface area (Å²) in [4.78, 5) is 0. The zero-order valence-electron chi connectivity index (χ0n) is 8.71. The van der Waals surface area contributed by atoms with Crippen LogP contribution >= 0.6 is 43.2 Å². The topological polar surface area (TPSA) is 12.0 Å². The van der Waals surface area contributed by atoms with Crippen molar-refractivity contribution in [3.63, 3.8) is 0 Å². The standard InChI is InChI=1S/C12H11Br2NS/c1-15-12(8-4-5-16-7-8)10-3-2-9(13)6-11(10)14/h2-7,12,15H,1H3. The molecule has 2 rings (SSSR count). The summed E-state index contributed by atoms with van der Waals surface area (Å²) >= 11 is 8.80. The van der Waals surface area contributed by atoms with Gasteiger partial charge < -0.3 is 5.32 Å². The van der Waals surface area contributed by atoms with E-state index in [0.29, 0.717) is 0 Å². The lowest BCUT2D eigenvalue weighted by Gasteiger charge is -2.17. The molecular formula is C12H11Br2NS. The molecule has 0 saturated heterocycles. The van der Waals surface area contributed by atoms with Crippen molar-refractivity contribution in [1.82, 2.24) is 5.32 Å². The fraction of sp³-hybridized carbons (Fsp3) is 0.167. The molecule has 0 spiro atoms. The summed E-state index contributed by atoms with van der Waals surface area (Å²) in [5, 5.41) is 7.62. The van der Waals surface area contributed by atoms with Crippen molar-refractivity contribution in [3.05, 3.63) is 55.1 Å². The van der Waals surface area contributed by atoms with Crippen LogP contribution in [0.25, 0.3) is 0 Å². The Balaban J connectivity index is 2.41. The van der Waals surface area contributed by atoms with Crippen molar-refractivity contribution >= 4 is 43.2 Å². The van der Waals surface area contributed by atoms with E-state index in [9.17, 15) is 0 Å². The minimum Gasteiger partial charge on any atom is -0.309 e. The smallest absolute Gasteiger partial charge is 0.0593 e. The molecule has 2 aromatic rings. The Kier molecular flexibility index (Phi) is 4.19. The Bertz CT molecular complexity index is 468. The molecule has 0 radical (unpaired) electrons. The molecule has 4 heteroatoms. The molecule has 0 aliphatic carbocycles. The number of rotatable bonds is 3. The van der Waals surface area contributed by atoms with E-state index in [4.69, 9.17) is 0 Å². The fourth-order valence-corrected chi connectivity index (χ4v) is 3.64. The van der Waals surface area contributed by atoms with Crippen molar-refractivity contribution in [2.45, 2.75) is 6.04 Å². The van der Waals surface area contributed by atoms with Crippen molar-refractivity contribution in [3.8, 4) is 0 Å². The van der Waals surface area contributed by atoms with Gasteiger partial charge in [-0.2, -0.15) is 11.3 Å². The van der Waals surface area contributed by atoms with Gasteiger partial charge in [-0.25, -0.2) is 0 Å². The lowest BCUT2D eigenvalue weighted by molar-refractivity contribution is 0.691. The van der Waals surface area contributed by atoms with Crippen molar-refractivity contribution in [2.24, 2.45) is 0 Å². The molecule has 1 aromatic carbocycles. The molecule has 1 N–H and O–H groups in total. The SMILES string of the molecule is CNC(c1ccsc1)c1ccc(Br)cc1Br. The zero-order chi connectivity index (χ0) is 11.5. The number of halogens is 2. The van der Waals surface area contributed by atoms with E-state index in [1.165, 1.54) is 11.1 Å². The highest BCUT2D eigenvalue weighted by Gasteiger charge is 2.15. The summed E-state index contributed by atoms with van der Waals surface area (Å²) in [6, 6.07) is 8.67. The molecule has 0 aliphatic heterocycles. The molecular weight excluding hydrogens is 350 g/mol. The Morgan fingerprint density at radius 3 is 2.62 bits per heavy atom. The van der Waals surface area contributed by atoms with Crippen LogP contribution in [0.1, 0.15) is 17.2 Å². The lowest BCUT2D eigenvalue weighted by Crippen LogP contribution is -2.17. The molecule has 16 heavy (non-hydrogen) atoms. The number of nitrogens with one attached hydrogen (secondary N) is 1. The molecule has 0 aliphatic rings. The van der Waals surface area contributed by atoms with Gasteiger partial charge in [0.15, 0.2) is 0 Å². The van der Waals surface area contributed by atoms with Crippen LogP contribution in [0, 0.1) is 0 Å². The van der Waals surface area contributed by atoms with Crippen LogP contribution < -0.4 is 5.32 Å². The van der Waals surface area contributed by atoms with Crippen molar-refractivity contribution in [1.29, 1.82) is 0 Å². The second-order valence-electron chi connectivity index (χ2n) is 3.44. The van der Waals surface area contributed by atoms with Gasteiger partial charge in [-0.1, -0.05) is 37.9 Å². The van der Waals surface area contributed by atoms with Gasteiger partial charge >= 0.3 is 0 Å². The first kappa shape index (κ1) is 12.3. The maximum absolute atomic E-state index is 3.61. The Morgan fingerprint density at radius 1 is 1.25 bits per heavy atom. The molecule has 0 bridgehead atoms. The van der Waals surface area contributed by atoms with Crippen molar-refractivity contribution < 1.29 is 0 Å². The van der Waals surface area contributed by atoms with Gasteiger partial charge in [0.25, 0.3) is 0 Å². The zero-order valence-corrected chi connectivity index (χ0v) is 12.7. The molecule has 1 nitrogen and oxygen atoms in total. The van der Waals surface area contributed by atoms with Gasteiger partial charge in [-0.3, -0.25) is 0 Å². The van der Waals surface area contributed by atoms with Crippen molar-refractivity contribution in [2.75, 3.05) is 7.05 Å². The summed E-state index contributed by atoms with van der Waals surface area (Å²) in [7, 11) is 1.98. The molecule has 1 atom stereocenters. The summed E-state index contributed by atoms with van der Waals surface area (Å²) in [5.74, 6) is 0. The summed E-state index contributed by atoms with van der Waals surface area (Å²) in [6.45, 7) is 0. The van der Waals surface area contributed by atoms with E-state index in [2.05, 4.69) is 72.2 Å². The number of thiophene rings is 1. The van der Waals surface area contributed by atoms with E-state index in [0.717, 1.165) is 8.95 Å². The highest BCUT2D eigenvalue weighted by atomic mass is 79.9. The van der Waals surface area contributed by atoms with Gasteiger partial charge in [0.1, 0.15) is 0 Å². The van der Waals surface area contributed by atoms with Crippen LogP contribution in [0.15, 0.2) is 44.0 Å². The third kappa shape index (κ3) is 2.56. The van der Waals surface area contributed by atoms with Gasteiger partial charge in [0.05, 0.1) is 6.04 Å². The summed E-state index contributed by atoms with van der Waals surface area (Å²) < 4.78 is 2.20. The second kappa shape index (κ2) is 5.45. The Morgan fingerprint density at radius 2 is 2.06 bits per heavy atom. The van der Waals surface area contributed by atoms with Crippen LogP contribution in [-0.2, 0) is 0 Å². The lowest BCUT2D eigenvalue weighted by atomic mass is 10.0. The molecule has 0 amide bonds. The Hall–Kier alpha value is -0.160. The minimum absolute atomic E-state index is 0.244. The van der Waals surface area contributed by atoms with Crippen LogP contribution in [-0.4, -0.2) is 7.05 Å². The third-order valence-corrected chi connectivity index (χ3v) is 4.32. The van der Waals surface area contributed by atoms with Gasteiger partial charge in [0.2, 0.25) is 0 Å². The quantitative estimate of drug-likeness (QED) is 0.844. The molecule has 0 fully saturated rings. The maximum atomic E-state index is 3.61. The van der Waals surface area contributed by atoms with E-state index >= 15 is 0 Å². The van der Waals surface area contributed by atoms with Gasteiger partial charge in [-0.15, -0.1) is 0 Å². The Labute approximate surface area is 116 Å². The molecule has 1 aromatic heterocycles. The monoisotopic (exact) mass is 359 g/mol. The van der Waals surface area contributed by atoms with Gasteiger partial charge in [0, 0.05) is 8.95 Å². The second-order valence-corrected chi connectivity index (χ2v) is 5.99. The predicted octanol–water partition coefficient (Wildman–Crippen LogP) is 4.58. The van der Waals surface area contributed by atoms with Crippen LogP contribution in [0.5, 0.6) is 0 Å². The molecule has 1 heterocycles. The van der Waals surface area contributed by atoms with Crippen LogP contribution in [0.4, 0.5) is 0 Å². The predicted molar refractivity (Wildman–Crippen MR) is 77.1 cm³/mol.